The molecule has 5 nitrogen and oxygen atoms in total. The maximum atomic E-state index is 12.4. The number of hydrogen-bond acceptors (Lipinski definition) is 3. The molecular formula is C17H24N2O3. The summed E-state index contributed by atoms with van der Waals surface area (Å²) < 4.78 is 0. The van der Waals surface area contributed by atoms with Crippen LogP contribution in [0.3, 0.4) is 0 Å². The summed E-state index contributed by atoms with van der Waals surface area (Å²) in [7, 11) is 0. The molecule has 1 heterocycles. The van der Waals surface area contributed by atoms with Crippen molar-refractivity contribution in [2.24, 2.45) is 0 Å². The summed E-state index contributed by atoms with van der Waals surface area (Å²) in [6, 6.07) is 5.93. The van der Waals surface area contributed by atoms with E-state index in [4.69, 9.17) is 5.11 Å². The number of carboxylic acids is 1. The van der Waals surface area contributed by atoms with Crippen molar-refractivity contribution in [2.45, 2.75) is 33.1 Å². The Morgan fingerprint density at radius 3 is 2.55 bits per heavy atom. The average molecular weight is 304 g/mol. The van der Waals surface area contributed by atoms with Crippen LogP contribution in [0.1, 0.15) is 30.4 Å². The van der Waals surface area contributed by atoms with Gasteiger partial charge in [-0.25, -0.2) is 0 Å². The van der Waals surface area contributed by atoms with Gasteiger partial charge in [0.05, 0.1) is 13.0 Å². The zero-order chi connectivity index (χ0) is 16.1. The van der Waals surface area contributed by atoms with Crippen LogP contribution in [0, 0.1) is 13.8 Å². The molecule has 0 saturated carbocycles. The molecule has 1 aliphatic rings. The highest BCUT2D eigenvalue weighted by Gasteiger charge is 2.22. The van der Waals surface area contributed by atoms with E-state index in [1.165, 1.54) is 0 Å². The van der Waals surface area contributed by atoms with Crippen LogP contribution in [0.25, 0.3) is 0 Å². The lowest BCUT2D eigenvalue weighted by Gasteiger charge is -2.28. The zero-order valence-electron chi connectivity index (χ0n) is 13.3. The van der Waals surface area contributed by atoms with Crippen LogP contribution in [-0.4, -0.2) is 48.1 Å². The van der Waals surface area contributed by atoms with Crippen LogP contribution in [0.2, 0.25) is 0 Å². The molecule has 0 spiro atoms. The first kappa shape index (κ1) is 16.3. The number of likely N-dealkylation sites (tertiary alicyclic amines) is 1. The van der Waals surface area contributed by atoms with Gasteiger partial charge in [-0.2, -0.15) is 0 Å². The second kappa shape index (κ2) is 7.29. The van der Waals surface area contributed by atoms with Gasteiger partial charge >= 0.3 is 5.97 Å². The summed E-state index contributed by atoms with van der Waals surface area (Å²) in [5.41, 5.74) is 3.20. The molecule has 0 unspecified atom stereocenters. The molecule has 0 aromatic heterocycles. The summed E-state index contributed by atoms with van der Waals surface area (Å²) in [5, 5.41) is 8.96. The first-order chi connectivity index (χ1) is 10.5. The van der Waals surface area contributed by atoms with Crippen LogP contribution in [0.15, 0.2) is 18.2 Å². The number of amides is 1. The van der Waals surface area contributed by atoms with Gasteiger partial charge < -0.3 is 14.9 Å². The molecule has 1 fully saturated rings. The molecule has 1 aromatic carbocycles. The second-order valence-corrected chi connectivity index (χ2v) is 5.87. The largest absolute Gasteiger partial charge is 0.481 e. The van der Waals surface area contributed by atoms with E-state index >= 15 is 0 Å². The lowest BCUT2D eigenvalue weighted by molar-refractivity contribution is -0.137. The normalized spacial score (nSPS) is 14.2. The number of carbonyl (C=O) groups is 2. The molecule has 0 atom stereocenters. The van der Waals surface area contributed by atoms with Crippen LogP contribution >= 0.6 is 0 Å². The number of carbonyl (C=O) groups excluding carboxylic acids is 1. The van der Waals surface area contributed by atoms with Crippen LogP contribution in [-0.2, 0) is 9.59 Å². The van der Waals surface area contributed by atoms with Crippen molar-refractivity contribution < 1.29 is 14.7 Å². The van der Waals surface area contributed by atoms with E-state index < -0.39 is 5.97 Å². The van der Waals surface area contributed by atoms with Crippen molar-refractivity contribution in [2.75, 3.05) is 31.1 Å². The first-order valence-electron chi connectivity index (χ1n) is 7.80. The molecule has 1 amide bonds. The van der Waals surface area contributed by atoms with Crippen LogP contribution < -0.4 is 4.90 Å². The molecule has 1 saturated heterocycles. The van der Waals surface area contributed by atoms with Crippen LogP contribution in [0.5, 0.6) is 0 Å². The Labute approximate surface area is 131 Å². The lowest BCUT2D eigenvalue weighted by Crippen LogP contribution is -2.40. The topological polar surface area (TPSA) is 60.9 Å². The number of rotatable bonds is 6. The van der Waals surface area contributed by atoms with Crippen molar-refractivity contribution >= 4 is 17.6 Å². The Kier molecular flexibility index (Phi) is 5.41. The third kappa shape index (κ3) is 4.00. The molecule has 0 radical (unpaired) electrons. The predicted octanol–water partition coefficient (Wildman–Crippen LogP) is 2.21. The van der Waals surface area contributed by atoms with E-state index in [0.717, 1.165) is 42.7 Å². The zero-order valence-corrected chi connectivity index (χ0v) is 13.3. The fourth-order valence-corrected chi connectivity index (χ4v) is 2.82. The minimum Gasteiger partial charge on any atom is -0.481 e. The number of nitrogens with zero attached hydrogens (tertiary/aromatic N) is 2. The van der Waals surface area contributed by atoms with E-state index in [9.17, 15) is 9.59 Å². The Morgan fingerprint density at radius 1 is 1.23 bits per heavy atom. The van der Waals surface area contributed by atoms with Crippen molar-refractivity contribution in [1.82, 2.24) is 4.90 Å². The Bertz CT molecular complexity index is 551. The number of anilines is 1. The molecule has 5 heteroatoms. The van der Waals surface area contributed by atoms with E-state index in [0.29, 0.717) is 6.54 Å². The average Bonchev–Trinajstić information content (AvgIpc) is 3.00. The van der Waals surface area contributed by atoms with Gasteiger partial charge in [-0.15, -0.1) is 0 Å². The second-order valence-electron chi connectivity index (χ2n) is 5.87. The summed E-state index contributed by atoms with van der Waals surface area (Å²) in [5.74, 6) is -0.757. The molecule has 1 aliphatic heterocycles. The lowest BCUT2D eigenvalue weighted by atomic mass is 10.1. The van der Waals surface area contributed by atoms with Crippen LogP contribution in [0.4, 0.5) is 5.69 Å². The molecule has 120 valence electrons. The van der Waals surface area contributed by atoms with Gasteiger partial charge in [-0.3, -0.25) is 9.59 Å². The van der Waals surface area contributed by atoms with E-state index in [1.54, 1.807) is 0 Å². The number of aryl methyl sites for hydroxylation is 1. The molecule has 1 aromatic rings. The van der Waals surface area contributed by atoms with E-state index in [2.05, 4.69) is 0 Å². The van der Waals surface area contributed by atoms with Gasteiger partial charge in [-0.1, -0.05) is 12.1 Å². The summed E-state index contributed by atoms with van der Waals surface area (Å²) in [6.45, 7) is 6.27. The first-order valence-corrected chi connectivity index (χ1v) is 7.80. The molecule has 0 bridgehead atoms. The highest BCUT2D eigenvalue weighted by molar-refractivity contribution is 5.82. The fraction of sp³-hybridized carbons (Fsp3) is 0.529. The van der Waals surface area contributed by atoms with Gasteiger partial charge in [0.15, 0.2) is 0 Å². The van der Waals surface area contributed by atoms with Crippen molar-refractivity contribution in [3.8, 4) is 0 Å². The van der Waals surface area contributed by atoms with E-state index in [1.807, 2.05) is 41.8 Å². The highest BCUT2D eigenvalue weighted by Crippen LogP contribution is 2.23. The predicted molar refractivity (Wildman–Crippen MR) is 86.2 cm³/mol. The Balaban J connectivity index is 2.16. The third-order valence-electron chi connectivity index (χ3n) is 4.30. The SMILES string of the molecule is Cc1cccc(N(CCC(=O)O)CC(=O)N2CCCC2)c1C. The highest BCUT2D eigenvalue weighted by atomic mass is 16.4. The maximum absolute atomic E-state index is 12.4. The molecule has 2 rings (SSSR count). The Hall–Kier alpha value is -2.04. The minimum atomic E-state index is -0.844. The van der Waals surface area contributed by atoms with E-state index in [-0.39, 0.29) is 18.9 Å². The summed E-state index contributed by atoms with van der Waals surface area (Å²) >= 11 is 0. The van der Waals surface area contributed by atoms with Crippen molar-refractivity contribution in [3.63, 3.8) is 0 Å². The number of benzene rings is 1. The summed E-state index contributed by atoms with van der Waals surface area (Å²) in [4.78, 5) is 27.1. The molecule has 1 N–H and O–H groups in total. The van der Waals surface area contributed by atoms with Crippen molar-refractivity contribution in [1.29, 1.82) is 0 Å². The van der Waals surface area contributed by atoms with Crippen molar-refractivity contribution in [3.05, 3.63) is 29.3 Å². The molecule has 0 aliphatic carbocycles. The van der Waals surface area contributed by atoms with Gasteiger partial charge in [0, 0.05) is 25.3 Å². The maximum Gasteiger partial charge on any atom is 0.305 e. The quantitative estimate of drug-likeness (QED) is 0.875. The van der Waals surface area contributed by atoms with Gasteiger partial charge in [0.2, 0.25) is 5.91 Å². The molecular weight excluding hydrogens is 280 g/mol. The summed E-state index contributed by atoms with van der Waals surface area (Å²) in [6.07, 6.45) is 2.15. The molecule has 22 heavy (non-hydrogen) atoms. The van der Waals surface area contributed by atoms with Gasteiger partial charge in [0.1, 0.15) is 0 Å². The standard InChI is InChI=1S/C17H24N2O3/c1-13-6-5-7-15(14(13)2)19(11-8-17(21)22)12-16(20)18-9-3-4-10-18/h5-7H,3-4,8-12H2,1-2H3,(H,21,22). The number of aliphatic carboxylic acids is 1. The Morgan fingerprint density at radius 2 is 1.91 bits per heavy atom. The third-order valence-corrected chi connectivity index (χ3v) is 4.30. The van der Waals surface area contributed by atoms with Gasteiger partial charge in [0.25, 0.3) is 0 Å². The number of carboxylic acid groups (broad SMARTS) is 1. The number of hydrogen-bond donors (Lipinski definition) is 1. The smallest absolute Gasteiger partial charge is 0.305 e. The monoisotopic (exact) mass is 304 g/mol. The fourth-order valence-electron chi connectivity index (χ4n) is 2.82. The van der Waals surface area contributed by atoms with Gasteiger partial charge in [-0.05, 0) is 43.9 Å². The minimum absolute atomic E-state index is 0.0284.